The van der Waals surface area contributed by atoms with Crippen molar-refractivity contribution in [2.45, 2.75) is 6.92 Å². The van der Waals surface area contributed by atoms with Crippen molar-refractivity contribution < 1.29 is 4.79 Å². The van der Waals surface area contributed by atoms with Crippen molar-refractivity contribution in [1.82, 2.24) is 0 Å². The van der Waals surface area contributed by atoms with Gasteiger partial charge in [-0.05, 0) is 46.1 Å². The van der Waals surface area contributed by atoms with Crippen LogP contribution in [0.4, 0.5) is 5.69 Å². The maximum absolute atomic E-state index is 11.9. The predicted molar refractivity (Wildman–Crippen MR) is 82.9 cm³/mol. The van der Waals surface area contributed by atoms with E-state index in [1.165, 1.54) is 0 Å². The van der Waals surface area contributed by atoms with E-state index in [9.17, 15) is 4.79 Å². The van der Waals surface area contributed by atoms with Crippen LogP contribution in [0.25, 0.3) is 5.57 Å². The monoisotopic (exact) mass is 315 g/mol. The molecule has 0 bridgehead atoms. The standard InChI is InChI=1S/C16H14BrNO/c1-12(13-7-3-2-4-8-13)11-16(19)18-15-10-6-5-9-14(15)17/h2-11H,1H3,(H,18,19). The number of allylic oxidation sites excluding steroid dienone is 1. The molecule has 2 aromatic rings. The highest BCUT2D eigenvalue weighted by Gasteiger charge is 2.03. The minimum Gasteiger partial charge on any atom is -0.321 e. The van der Waals surface area contributed by atoms with E-state index in [1.807, 2.05) is 61.5 Å². The van der Waals surface area contributed by atoms with E-state index in [0.717, 1.165) is 21.3 Å². The second kappa shape index (κ2) is 6.34. The molecule has 0 atom stereocenters. The van der Waals surface area contributed by atoms with Crippen molar-refractivity contribution in [3.05, 3.63) is 70.7 Å². The summed E-state index contributed by atoms with van der Waals surface area (Å²) in [6.45, 7) is 1.93. The van der Waals surface area contributed by atoms with E-state index in [0.29, 0.717) is 0 Å². The molecule has 3 heteroatoms. The van der Waals surface area contributed by atoms with E-state index in [2.05, 4.69) is 21.2 Å². The maximum atomic E-state index is 11.9. The lowest BCUT2D eigenvalue weighted by atomic mass is 10.1. The number of halogens is 1. The van der Waals surface area contributed by atoms with Gasteiger partial charge in [-0.25, -0.2) is 0 Å². The molecule has 1 amide bonds. The highest BCUT2D eigenvalue weighted by molar-refractivity contribution is 9.10. The second-order valence-corrected chi connectivity index (χ2v) is 5.02. The van der Waals surface area contributed by atoms with Gasteiger partial charge in [0.05, 0.1) is 5.69 Å². The lowest BCUT2D eigenvalue weighted by Gasteiger charge is -2.05. The molecule has 0 saturated heterocycles. The van der Waals surface area contributed by atoms with Gasteiger partial charge in [0.2, 0.25) is 5.91 Å². The van der Waals surface area contributed by atoms with Crippen LogP contribution in [0.15, 0.2) is 65.1 Å². The number of anilines is 1. The SMILES string of the molecule is CC(=CC(=O)Nc1ccccc1Br)c1ccccc1. The van der Waals surface area contributed by atoms with E-state index in [4.69, 9.17) is 0 Å². The number of hydrogen-bond donors (Lipinski definition) is 1. The average molecular weight is 316 g/mol. The van der Waals surface area contributed by atoms with E-state index in [1.54, 1.807) is 6.08 Å². The van der Waals surface area contributed by atoms with Gasteiger partial charge in [-0.2, -0.15) is 0 Å². The Morgan fingerprint density at radius 3 is 2.37 bits per heavy atom. The molecule has 0 aliphatic heterocycles. The fourth-order valence-electron chi connectivity index (χ4n) is 1.71. The molecular weight excluding hydrogens is 302 g/mol. The Labute approximate surface area is 121 Å². The summed E-state index contributed by atoms with van der Waals surface area (Å²) < 4.78 is 0.870. The maximum Gasteiger partial charge on any atom is 0.248 e. The van der Waals surface area contributed by atoms with Gasteiger partial charge in [-0.1, -0.05) is 42.5 Å². The van der Waals surface area contributed by atoms with Crippen LogP contribution in [0.5, 0.6) is 0 Å². The molecule has 96 valence electrons. The molecule has 19 heavy (non-hydrogen) atoms. The van der Waals surface area contributed by atoms with Crippen LogP contribution in [0.2, 0.25) is 0 Å². The molecule has 0 fully saturated rings. The normalized spacial score (nSPS) is 11.2. The van der Waals surface area contributed by atoms with Gasteiger partial charge < -0.3 is 5.32 Å². The first-order valence-electron chi connectivity index (χ1n) is 5.96. The fourth-order valence-corrected chi connectivity index (χ4v) is 2.10. The van der Waals surface area contributed by atoms with Gasteiger partial charge in [-0.15, -0.1) is 0 Å². The van der Waals surface area contributed by atoms with Crippen LogP contribution in [0.1, 0.15) is 12.5 Å². The molecule has 0 aromatic heterocycles. The van der Waals surface area contributed by atoms with Gasteiger partial charge in [0.1, 0.15) is 0 Å². The molecule has 2 rings (SSSR count). The number of amides is 1. The molecule has 0 radical (unpaired) electrons. The number of rotatable bonds is 3. The number of hydrogen-bond acceptors (Lipinski definition) is 1. The molecule has 1 N–H and O–H groups in total. The third-order valence-corrected chi connectivity index (χ3v) is 3.40. The van der Waals surface area contributed by atoms with Gasteiger partial charge in [0.15, 0.2) is 0 Å². The number of benzene rings is 2. The minimum atomic E-state index is -0.131. The Morgan fingerprint density at radius 1 is 1.05 bits per heavy atom. The van der Waals surface area contributed by atoms with Gasteiger partial charge in [0.25, 0.3) is 0 Å². The number of nitrogens with one attached hydrogen (secondary N) is 1. The van der Waals surface area contributed by atoms with E-state index < -0.39 is 0 Å². The zero-order chi connectivity index (χ0) is 13.7. The average Bonchev–Trinajstić information content (AvgIpc) is 2.42. The molecular formula is C16H14BrNO. The first-order chi connectivity index (χ1) is 9.16. The summed E-state index contributed by atoms with van der Waals surface area (Å²) in [5, 5.41) is 2.85. The summed E-state index contributed by atoms with van der Waals surface area (Å²) in [6, 6.07) is 17.4. The summed E-state index contributed by atoms with van der Waals surface area (Å²) in [4.78, 5) is 11.9. The van der Waals surface area contributed by atoms with Crippen molar-refractivity contribution in [2.75, 3.05) is 5.32 Å². The van der Waals surface area contributed by atoms with Crippen LogP contribution in [-0.4, -0.2) is 5.91 Å². The lowest BCUT2D eigenvalue weighted by molar-refractivity contribution is -0.111. The van der Waals surface area contributed by atoms with Crippen LogP contribution in [0.3, 0.4) is 0 Å². The third-order valence-electron chi connectivity index (χ3n) is 2.71. The van der Waals surface area contributed by atoms with Crippen LogP contribution in [0, 0.1) is 0 Å². The van der Waals surface area contributed by atoms with Crippen molar-refractivity contribution >= 4 is 33.1 Å². The summed E-state index contributed by atoms with van der Waals surface area (Å²) in [5.74, 6) is -0.131. The molecule has 0 saturated carbocycles. The largest absolute Gasteiger partial charge is 0.321 e. The summed E-state index contributed by atoms with van der Waals surface area (Å²) in [6.07, 6.45) is 1.61. The molecule has 0 aliphatic rings. The highest BCUT2D eigenvalue weighted by atomic mass is 79.9. The zero-order valence-corrected chi connectivity index (χ0v) is 12.1. The van der Waals surface area contributed by atoms with E-state index in [-0.39, 0.29) is 5.91 Å². The Morgan fingerprint density at radius 2 is 1.68 bits per heavy atom. The Hall–Kier alpha value is -1.87. The van der Waals surface area contributed by atoms with Crippen LogP contribution >= 0.6 is 15.9 Å². The summed E-state index contributed by atoms with van der Waals surface area (Å²) in [7, 11) is 0. The molecule has 0 heterocycles. The third kappa shape index (κ3) is 3.80. The summed E-state index contributed by atoms with van der Waals surface area (Å²) in [5.41, 5.74) is 2.75. The number of para-hydroxylation sites is 1. The number of carbonyl (C=O) groups excluding carboxylic acids is 1. The minimum absolute atomic E-state index is 0.131. The molecule has 2 aromatic carbocycles. The molecule has 0 aliphatic carbocycles. The Balaban J connectivity index is 2.12. The molecule has 0 spiro atoms. The smallest absolute Gasteiger partial charge is 0.248 e. The second-order valence-electron chi connectivity index (χ2n) is 4.16. The molecule has 2 nitrogen and oxygen atoms in total. The van der Waals surface area contributed by atoms with E-state index >= 15 is 0 Å². The van der Waals surface area contributed by atoms with Crippen molar-refractivity contribution in [3.8, 4) is 0 Å². The van der Waals surface area contributed by atoms with Gasteiger partial charge in [-0.3, -0.25) is 4.79 Å². The fraction of sp³-hybridized carbons (Fsp3) is 0.0625. The Kier molecular flexibility index (Phi) is 4.53. The lowest BCUT2D eigenvalue weighted by Crippen LogP contribution is -2.08. The van der Waals surface area contributed by atoms with Crippen molar-refractivity contribution in [2.24, 2.45) is 0 Å². The van der Waals surface area contributed by atoms with Gasteiger partial charge in [0, 0.05) is 10.5 Å². The summed E-state index contributed by atoms with van der Waals surface area (Å²) >= 11 is 3.40. The zero-order valence-electron chi connectivity index (χ0n) is 10.6. The highest BCUT2D eigenvalue weighted by Crippen LogP contribution is 2.21. The first kappa shape index (κ1) is 13.6. The van der Waals surface area contributed by atoms with Crippen LogP contribution in [-0.2, 0) is 4.79 Å². The predicted octanol–water partition coefficient (Wildman–Crippen LogP) is 4.49. The number of carbonyl (C=O) groups is 1. The van der Waals surface area contributed by atoms with Crippen molar-refractivity contribution in [3.63, 3.8) is 0 Å². The Bertz CT molecular complexity index is 605. The van der Waals surface area contributed by atoms with Gasteiger partial charge >= 0.3 is 0 Å². The van der Waals surface area contributed by atoms with Crippen LogP contribution < -0.4 is 5.32 Å². The molecule has 0 unspecified atom stereocenters. The topological polar surface area (TPSA) is 29.1 Å². The first-order valence-corrected chi connectivity index (χ1v) is 6.75. The van der Waals surface area contributed by atoms with Crippen molar-refractivity contribution in [1.29, 1.82) is 0 Å². The quantitative estimate of drug-likeness (QED) is 0.831.